The van der Waals surface area contributed by atoms with Crippen LogP contribution in [-0.4, -0.2) is 29.1 Å². The van der Waals surface area contributed by atoms with Crippen molar-refractivity contribution < 1.29 is 14.6 Å². The summed E-state index contributed by atoms with van der Waals surface area (Å²) in [5, 5.41) is 13.3. The second-order valence-corrected chi connectivity index (χ2v) is 7.30. The Balaban J connectivity index is 1.52. The van der Waals surface area contributed by atoms with E-state index in [9.17, 15) is 9.90 Å². The van der Waals surface area contributed by atoms with Gasteiger partial charge in [-0.15, -0.1) is 0 Å². The molecule has 0 radical (unpaired) electrons. The minimum absolute atomic E-state index is 0.0645. The minimum atomic E-state index is -0.283. The first-order valence-electron chi connectivity index (χ1n) is 8.72. The molecule has 1 aromatic heterocycles. The molecule has 5 atom stereocenters. The molecule has 3 saturated carbocycles. The predicted octanol–water partition coefficient (Wildman–Crippen LogP) is 2.74. The summed E-state index contributed by atoms with van der Waals surface area (Å²) in [5.41, 5.74) is 0.0645. The Morgan fingerprint density at radius 2 is 2.13 bits per heavy atom. The molecule has 1 amide bonds. The lowest BCUT2D eigenvalue weighted by molar-refractivity contribution is 0.0792. The molecular weight excluding hydrogens is 292 g/mol. The molecule has 3 fully saturated rings. The van der Waals surface area contributed by atoms with E-state index in [1.165, 1.54) is 45.4 Å². The number of rotatable bonds is 3. The number of nitrogens with zero attached hydrogens (tertiary/aromatic N) is 1. The van der Waals surface area contributed by atoms with E-state index in [4.69, 9.17) is 4.74 Å². The SMILES string of the molecule is COc1ccnc(C(=O)NC2CCCC3C2[C@H]2CC[C@@H]3C2)c1O. The minimum Gasteiger partial charge on any atom is -0.503 e. The molecule has 2 bridgehead atoms. The largest absolute Gasteiger partial charge is 0.503 e. The molecule has 5 nitrogen and oxygen atoms in total. The average molecular weight is 316 g/mol. The van der Waals surface area contributed by atoms with E-state index in [1.54, 1.807) is 6.07 Å². The van der Waals surface area contributed by atoms with Gasteiger partial charge in [0.25, 0.3) is 5.91 Å². The van der Waals surface area contributed by atoms with Crippen molar-refractivity contribution >= 4 is 5.91 Å². The number of fused-ring (bicyclic) bond motifs is 5. The summed E-state index contributed by atoms with van der Waals surface area (Å²) in [6, 6.07) is 1.78. The highest BCUT2D eigenvalue weighted by Crippen LogP contribution is 2.57. The molecule has 0 aliphatic heterocycles. The highest BCUT2D eigenvalue weighted by atomic mass is 16.5. The molecule has 3 aliphatic rings. The van der Waals surface area contributed by atoms with E-state index >= 15 is 0 Å². The summed E-state index contributed by atoms with van der Waals surface area (Å²) in [6.07, 6.45) is 9.10. The number of aromatic hydroxyl groups is 1. The van der Waals surface area contributed by atoms with Crippen molar-refractivity contribution in [3.8, 4) is 11.5 Å². The van der Waals surface area contributed by atoms with Gasteiger partial charge in [0.15, 0.2) is 17.2 Å². The summed E-state index contributed by atoms with van der Waals surface area (Å²) in [6.45, 7) is 0. The summed E-state index contributed by atoms with van der Waals surface area (Å²) in [7, 11) is 1.47. The third-order valence-corrected chi connectivity index (χ3v) is 6.31. The Labute approximate surface area is 136 Å². The molecule has 0 spiro atoms. The summed E-state index contributed by atoms with van der Waals surface area (Å²) in [5.74, 6) is 2.91. The highest BCUT2D eigenvalue weighted by Gasteiger charge is 2.51. The second-order valence-electron chi connectivity index (χ2n) is 7.30. The van der Waals surface area contributed by atoms with Crippen molar-refractivity contribution in [2.75, 3.05) is 7.11 Å². The molecule has 4 rings (SSSR count). The first-order chi connectivity index (χ1) is 11.2. The smallest absolute Gasteiger partial charge is 0.274 e. The Hall–Kier alpha value is -1.78. The summed E-state index contributed by atoms with van der Waals surface area (Å²) in [4.78, 5) is 16.7. The van der Waals surface area contributed by atoms with Gasteiger partial charge in [-0.05, 0) is 55.8 Å². The van der Waals surface area contributed by atoms with Crippen LogP contribution < -0.4 is 10.1 Å². The molecule has 3 unspecified atom stereocenters. The van der Waals surface area contributed by atoms with E-state index in [-0.39, 0.29) is 29.1 Å². The fourth-order valence-electron chi connectivity index (χ4n) is 5.45. The van der Waals surface area contributed by atoms with Crippen LogP contribution in [-0.2, 0) is 0 Å². The normalized spacial score (nSPS) is 34.9. The van der Waals surface area contributed by atoms with E-state index < -0.39 is 0 Å². The van der Waals surface area contributed by atoms with Gasteiger partial charge in [0.1, 0.15) is 0 Å². The number of pyridine rings is 1. The number of nitrogens with one attached hydrogen (secondary N) is 1. The van der Waals surface area contributed by atoms with Crippen molar-refractivity contribution in [2.24, 2.45) is 23.7 Å². The van der Waals surface area contributed by atoms with Crippen LogP contribution in [0.2, 0.25) is 0 Å². The van der Waals surface area contributed by atoms with Gasteiger partial charge in [-0.1, -0.05) is 6.42 Å². The highest BCUT2D eigenvalue weighted by molar-refractivity contribution is 5.95. The number of amides is 1. The lowest BCUT2D eigenvalue weighted by Gasteiger charge is -2.41. The fraction of sp³-hybridized carbons (Fsp3) is 0.667. The van der Waals surface area contributed by atoms with E-state index in [0.717, 1.165) is 24.2 Å². The monoisotopic (exact) mass is 316 g/mol. The zero-order valence-electron chi connectivity index (χ0n) is 13.5. The fourth-order valence-corrected chi connectivity index (χ4v) is 5.45. The van der Waals surface area contributed by atoms with Crippen molar-refractivity contribution in [3.05, 3.63) is 18.0 Å². The lowest BCUT2D eigenvalue weighted by Crippen LogP contribution is -2.47. The number of hydrogen-bond donors (Lipinski definition) is 2. The number of ether oxygens (including phenoxy) is 1. The molecule has 23 heavy (non-hydrogen) atoms. The molecule has 0 aromatic carbocycles. The van der Waals surface area contributed by atoms with Crippen LogP contribution in [0.1, 0.15) is 49.0 Å². The third-order valence-electron chi connectivity index (χ3n) is 6.31. The maximum atomic E-state index is 12.6. The van der Waals surface area contributed by atoms with E-state index in [1.807, 2.05) is 0 Å². The summed E-state index contributed by atoms with van der Waals surface area (Å²) < 4.78 is 5.07. The van der Waals surface area contributed by atoms with E-state index in [0.29, 0.717) is 5.92 Å². The quantitative estimate of drug-likeness (QED) is 0.899. The number of hydrogen-bond acceptors (Lipinski definition) is 4. The Kier molecular flexibility index (Phi) is 3.66. The molecule has 5 heteroatoms. The number of methoxy groups -OCH3 is 1. The van der Waals surface area contributed by atoms with Gasteiger partial charge < -0.3 is 15.2 Å². The summed E-state index contributed by atoms with van der Waals surface area (Å²) >= 11 is 0. The third kappa shape index (κ3) is 2.37. The number of carbonyl (C=O) groups is 1. The van der Waals surface area contributed by atoms with Gasteiger partial charge in [-0.3, -0.25) is 4.79 Å². The lowest BCUT2D eigenvalue weighted by atomic mass is 9.68. The van der Waals surface area contributed by atoms with Gasteiger partial charge in [0.2, 0.25) is 0 Å². The van der Waals surface area contributed by atoms with Crippen molar-refractivity contribution in [1.29, 1.82) is 0 Å². The Morgan fingerprint density at radius 3 is 2.96 bits per heavy atom. The molecule has 124 valence electrons. The second kappa shape index (κ2) is 5.69. The zero-order valence-corrected chi connectivity index (χ0v) is 13.5. The Morgan fingerprint density at radius 1 is 1.30 bits per heavy atom. The maximum Gasteiger partial charge on any atom is 0.274 e. The van der Waals surface area contributed by atoms with Crippen LogP contribution >= 0.6 is 0 Å². The van der Waals surface area contributed by atoms with Gasteiger partial charge in [-0.25, -0.2) is 4.98 Å². The van der Waals surface area contributed by atoms with Crippen molar-refractivity contribution in [1.82, 2.24) is 10.3 Å². The van der Waals surface area contributed by atoms with Crippen LogP contribution in [0.25, 0.3) is 0 Å². The first kappa shape index (κ1) is 14.8. The van der Waals surface area contributed by atoms with Gasteiger partial charge in [0.05, 0.1) is 7.11 Å². The predicted molar refractivity (Wildman–Crippen MR) is 85.4 cm³/mol. The molecule has 0 saturated heterocycles. The van der Waals surface area contributed by atoms with Gasteiger partial charge >= 0.3 is 0 Å². The Bertz CT molecular complexity index is 618. The van der Waals surface area contributed by atoms with Gasteiger partial charge in [-0.2, -0.15) is 0 Å². The maximum absolute atomic E-state index is 12.6. The molecule has 3 aliphatic carbocycles. The van der Waals surface area contributed by atoms with Crippen molar-refractivity contribution in [3.63, 3.8) is 0 Å². The zero-order chi connectivity index (χ0) is 16.0. The first-order valence-corrected chi connectivity index (χ1v) is 8.72. The van der Waals surface area contributed by atoms with Crippen LogP contribution in [0.15, 0.2) is 12.3 Å². The topological polar surface area (TPSA) is 71.5 Å². The molecule has 1 heterocycles. The van der Waals surface area contributed by atoms with Crippen LogP contribution in [0.3, 0.4) is 0 Å². The molecule has 2 N–H and O–H groups in total. The molecular formula is C18H24N2O3. The van der Waals surface area contributed by atoms with Crippen LogP contribution in [0.4, 0.5) is 0 Å². The van der Waals surface area contributed by atoms with Crippen molar-refractivity contribution in [2.45, 2.75) is 44.6 Å². The molecule has 1 aromatic rings. The standard InChI is InChI=1S/C18H24N2O3/c1-23-14-7-8-19-16(17(14)21)18(22)20-13-4-2-3-12-10-5-6-11(9-10)15(12)13/h7-8,10-13,15,21H,2-6,9H2,1H3,(H,20,22)/t10-,11+,12?,13?,15?/m1/s1. The van der Waals surface area contributed by atoms with Crippen LogP contribution in [0.5, 0.6) is 11.5 Å². The van der Waals surface area contributed by atoms with Gasteiger partial charge in [0, 0.05) is 18.3 Å². The average Bonchev–Trinajstić information content (AvgIpc) is 3.17. The number of aromatic nitrogens is 1. The van der Waals surface area contributed by atoms with E-state index in [2.05, 4.69) is 10.3 Å². The number of carbonyl (C=O) groups excluding carboxylic acids is 1. The van der Waals surface area contributed by atoms with Crippen LogP contribution in [0, 0.1) is 23.7 Å².